The zero-order chi connectivity index (χ0) is 16.4. The van der Waals surface area contributed by atoms with Crippen molar-refractivity contribution in [1.29, 1.82) is 0 Å². The second-order valence-corrected chi connectivity index (χ2v) is 5.76. The second-order valence-electron chi connectivity index (χ2n) is 5.76. The Morgan fingerprint density at radius 3 is 2.74 bits per heavy atom. The number of aromatic nitrogens is 2. The number of fused-ring (bicyclic) bond motifs is 1. The van der Waals surface area contributed by atoms with Crippen molar-refractivity contribution >= 4 is 28.6 Å². The maximum absolute atomic E-state index is 12.3. The number of nitrogens with one attached hydrogen (secondary N) is 1. The van der Waals surface area contributed by atoms with Gasteiger partial charge >= 0.3 is 12.0 Å². The van der Waals surface area contributed by atoms with E-state index in [9.17, 15) is 9.59 Å². The summed E-state index contributed by atoms with van der Waals surface area (Å²) < 4.78 is 1.88. The van der Waals surface area contributed by atoms with E-state index in [2.05, 4.69) is 10.4 Å². The van der Waals surface area contributed by atoms with Gasteiger partial charge in [0, 0.05) is 30.7 Å². The van der Waals surface area contributed by atoms with Crippen LogP contribution in [0.1, 0.15) is 19.8 Å². The molecule has 2 amide bonds. The van der Waals surface area contributed by atoms with Gasteiger partial charge in [-0.15, -0.1) is 0 Å². The number of amides is 2. The molecule has 0 unspecified atom stereocenters. The first kappa shape index (κ1) is 15.3. The molecule has 0 atom stereocenters. The van der Waals surface area contributed by atoms with Gasteiger partial charge in [0.15, 0.2) is 0 Å². The third kappa shape index (κ3) is 3.13. The molecule has 0 spiro atoms. The topological polar surface area (TPSA) is 87.5 Å². The molecule has 3 rings (SSSR count). The summed E-state index contributed by atoms with van der Waals surface area (Å²) in [5.74, 6) is -1.11. The van der Waals surface area contributed by atoms with E-state index in [1.54, 1.807) is 11.1 Å². The van der Waals surface area contributed by atoms with E-state index in [0.717, 1.165) is 23.1 Å². The number of nitrogens with zero attached hydrogens (tertiary/aromatic N) is 3. The van der Waals surface area contributed by atoms with Gasteiger partial charge in [-0.05, 0) is 38.0 Å². The number of carboxylic acids is 1. The molecule has 7 heteroatoms. The summed E-state index contributed by atoms with van der Waals surface area (Å²) in [4.78, 5) is 24.9. The number of aryl methyl sites for hydroxylation is 1. The SMILES string of the molecule is CCn1ncc2ccc(NC(=O)N3CCC(C(=O)O)CC3)cc21. The maximum Gasteiger partial charge on any atom is 0.321 e. The maximum atomic E-state index is 12.3. The minimum absolute atomic E-state index is 0.184. The van der Waals surface area contributed by atoms with Crippen LogP contribution in [-0.4, -0.2) is 44.9 Å². The van der Waals surface area contributed by atoms with Gasteiger partial charge in [0.05, 0.1) is 17.6 Å². The Morgan fingerprint density at radius 1 is 1.35 bits per heavy atom. The Hall–Kier alpha value is -2.57. The van der Waals surface area contributed by atoms with E-state index in [-0.39, 0.29) is 11.9 Å². The van der Waals surface area contributed by atoms with Crippen LogP contribution in [0.2, 0.25) is 0 Å². The highest BCUT2D eigenvalue weighted by Crippen LogP contribution is 2.21. The predicted molar refractivity (Wildman–Crippen MR) is 86.4 cm³/mol. The number of hydrogen-bond acceptors (Lipinski definition) is 3. The Kier molecular flexibility index (Phi) is 4.18. The summed E-state index contributed by atoms with van der Waals surface area (Å²) in [6.07, 6.45) is 2.82. The standard InChI is InChI=1S/C16H20N4O3/c1-2-20-14-9-13(4-3-12(14)10-17-20)18-16(23)19-7-5-11(6-8-19)15(21)22/h3-4,9-11H,2,5-8H2,1H3,(H,18,23)(H,21,22). The number of carbonyl (C=O) groups is 2. The van der Waals surface area contributed by atoms with Crippen molar-refractivity contribution in [3.05, 3.63) is 24.4 Å². The molecular weight excluding hydrogens is 296 g/mol. The number of anilines is 1. The fourth-order valence-electron chi connectivity index (χ4n) is 2.93. The number of rotatable bonds is 3. The van der Waals surface area contributed by atoms with Crippen molar-refractivity contribution < 1.29 is 14.7 Å². The molecular formula is C16H20N4O3. The number of hydrogen-bond donors (Lipinski definition) is 2. The molecule has 0 saturated carbocycles. The molecule has 1 aliphatic heterocycles. The third-order valence-corrected chi connectivity index (χ3v) is 4.33. The van der Waals surface area contributed by atoms with Crippen molar-refractivity contribution in [3.63, 3.8) is 0 Å². The van der Waals surface area contributed by atoms with Crippen molar-refractivity contribution in [1.82, 2.24) is 14.7 Å². The van der Waals surface area contributed by atoms with Gasteiger partial charge in [0.2, 0.25) is 0 Å². The Balaban J connectivity index is 1.67. The highest BCUT2D eigenvalue weighted by Gasteiger charge is 2.26. The lowest BCUT2D eigenvalue weighted by Gasteiger charge is -2.30. The van der Waals surface area contributed by atoms with Crippen molar-refractivity contribution in [2.24, 2.45) is 5.92 Å². The fourth-order valence-corrected chi connectivity index (χ4v) is 2.93. The van der Waals surface area contributed by atoms with Crippen LogP contribution in [0.15, 0.2) is 24.4 Å². The molecule has 0 aliphatic carbocycles. The van der Waals surface area contributed by atoms with Crippen molar-refractivity contribution in [2.45, 2.75) is 26.3 Å². The van der Waals surface area contributed by atoms with Crippen LogP contribution in [0, 0.1) is 5.92 Å². The second kappa shape index (κ2) is 6.28. The van der Waals surface area contributed by atoms with Crippen LogP contribution in [0.25, 0.3) is 10.9 Å². The molecule has 7 nitrogen and oxygen atoms in total. The summed E-state index contributed by atoms with van der Waals surface area (Å²) in [6, 6.07) is 5.51. The third-order valence-electron chi connectivity index (χ3n) is 4.33. The number of likely N-dealkylation sites (tertiary alicyclic amines) is 1. The summed E-state index contributed by atoms with van der Waals surface area (Å²) >= 11 is 0. The first-order valence-corrected chi connectivity index (χ1v) is 7.82. The van der Waals surface area contributed by atoms with Crippen LogP contribution in [-0.2, 0) is 11.3 Å². The zero-order valence-corrected chi connectivity index (χ0v) is 13.0. The lowest BCUT2D eigenvalue weighted by atomic mass is 9.97. The van der Waals surface area contributed by atoms with E-state index in [1.807, 2.05) is 29.8 Å². The van der Waals surface area contributed by atoms with E-state index >= 15 is 0 Å². The number of carboxylic acid groups (broad SMARTS) is 1. The lowest BCUT2D eigenvalue weighted by molar-refractivity contribution is -0.143. The first-order valence-electron chi connectivity index (χ1n) is 7.82. The van der Waals surface area contributed by atoms with Crippen LogP contribution >= 0.6 is 0 Å². The fraction of sp³-hybridized carbons (Fsp3) is 0.438. The van der Waals surface area contributed by atoms with E-state index < -0.39 is 5.97 Å². The summed E-state index contributed by atoms with van der Waals surface area (Å²) in [6.45, 7) is 3.73. The molecule has 23 heavy (non-hydrogen) atoms. The molecule has 1 aromatic heterocycles. The molecule has 2 N–H and O–H groups in total. The minimum atomic E-state index is -0.775. The molecule has 0 radical (unpaired) electrons. The van der Waals surface area contributed by atoms with E-state index in [4.69, 9.17) is 5.11 Å². The number of piperidine rings is 1. The molecule has 0 bridgehead atoms. The van der Waals surface area contributed by atoms with Gasteiger partial charge in [-0.25, -0.2) is 4.79 Å². The Labute approximate surface area is 133 Å². The van der Waals surface area contributed by atoms with E-state index in [0.29, 0.717) is 25.9 Å². The van der Waals surface area contributed by atoms with Crippen LogP contribution in [0.5, 0.6) is 0 Å². The summed E-state index contributed by atoms with van der Waals surface area (Å²) in [5.41, 5.74) is 1.70. The van der Waals surface area contributed by atoms with Crippen LogP contribution < -0.4 is 5.32 Å². The lowest BCUT2D eigenvalue weighted by Crippen LogP contribution is -2.42. The molecule has 122 valence electrons. The van der Waals surface area contributed by atoms with Gasteiger partial charge in [0.25, 0.3) is 0 Å². The Morgan fingerprint density at radius 2 is 2.09 bits per heavy atom. The summed E-state index contributed by atoms with van der Waals surface area (Å²) in [7, 11) is 0. The van der Waals surface area contributed by atoms with Crippen LogP contribution in [0.4, 0.5) is 10.5 Å². The minimum Gasteiger partial charge on any atom is -0.481 e. The molecule has 1 saturated heterocycles. The molecule has 1 aliphatic rings. The van der Waals surface area contributed by atoms with E-state index in [1.165, 1.54) is 0 Å². The first-order chi connectivity index (χ1) is 11.1. The normalized spacial score (nSPS) is 15.8. The van der Waals surface area contributed by atoms with Gasteiger partial charge in [0.1, 0.15) is 0 Å². The predicted octanol–water partition coefficient (Wildman–Crippen LogP) is 2.38. The Bertz CT molecular complexity index is 732. The van der Waals surface area contributed by atoms with Gasteiger partial charge in [-0.1, -0.05) is 0 Å². The summed E-state index contributed by atoms with van der Waals surface area (Å²) in [5, 5.41) is 17.2. The van der Waals surface area contributed by atoms with Crippen molar-refractivity contribution in [3.8, 4) is 0 Å². The largest absolute Gasteiger partial charge is 0.481 e. The smallest absolute Gasteiger partial charge is 0.321 e. The zero-order valence-electron chi connectivity index (χ0n) is 13.0. The van der Waals surface area contributed by atoms with Gasteiger partial charge < -0.3 is 15.3 Å². The number of benzene rings is 1. The molecule has 1 fully saturated rings. The quantitative estimate of drug-likeness (QED) is 0.910. The van der Waals surface area contributed by atoms with Crippen LogP contribution in [0.3, 0.4) is 0 Å². The van der Waals surface area contributed by atoms with Gasteiger partial charge in [-0.2, -0.15) is 5.10 Å². The molecule has 1 aromatic carbocycles. The van der Waals surface area contributed by atoms with Gasteiger partial charge in [-0.3, -0.25) is 9.48 Å². The number of aliphatic carboxylic acids is 1. The number of carbonyl (C=O) groups excluding carboxylic acids is 1. The average molecular weight is 316 g/mol. The van der Waals surface area contributed by atoms with Crippen molar-refractivity contribution in [2.75, 3.05) is 18.4 Å². The average Bonchev–Trinajstić information content (AvgIpc) is 2.97. The molecule has 2 aromatic rings. The molecule has 2 heterocycles. The highest BCUT2D eigenvalue weighted by molar-refractivity contribution is 5.92. The highest BCUT2D eigenvalue weighted by atomic mass is 16.4. The monoisotopic (exact) mass is 316 g/mol. The number of urea groups is 1.